The number of hydrogen-bond acceptors (Lipinski definition) is 5. The van der Waals surface area contributed by atoms with Crippen LogP contribution < -0.4 is 5.32 Å². The number of hydrogen-bond donors (Lipinski definition) is 1. The Morgan fingerprint density at radius 1 is 1.11 bits per heavy atom. The third-order valence-electron chi connectivity index (χ3n) is 3.72. The van der Waals surface area contributed by atoms with Gasteiger partial charge in [0.1, 0.15) is 5.82 Å². The lowest BCUT2D eigenvalue weighted by Gasteiger charge is -2.05. The molecule has 0 fully saturated rings. The third kappa shape index (κ3) is 5.46. The Bertz CT molecular complexity index is 937. The monoisotopic (exact) mass is 384 g/mol. The molecule has 0 radical (unpaired) electrons. The highest BCUT2D eigenvalue weighted by atomic mass is 32.1. The van der Waals surface area contributed by atoms with E-state index < -0.39 is 11.9 Å². The predicted octanol–water partition coefficient (Wildman–Crippen LogP) is 3.98. The normalized spacial score (nSPS) is 10.4. The maximum Gasteiger partial charge on any atom is 0.310 e. The van der Waals surface area contributed by atoms with Crippen LogP contribution in [0.25, 0.3) is 11.3 Å². The van der Waals surface area contributed by atoms with Gasteiger partial charge in [-0.15, -0.1) is 11.3 Å². The van der Waals surface area contributed by atoms with E-state index >= 15 is 0 Å². The molecule has 0 saturated carbocycles. The Morgan fingerprint density at radius 3 is 2.52 bits per heavy atom. The number of ether oxygens (including phenoxy) is 1. The first-order valence-electron chi connectivity index (χ1n) is 8.22. The molecule has 1 amide bonds. The first kappa shape index (κ1) is 18.7. The third-order valence-corrected chi connectivity index (χ3v) is 4.48. The van der Waals surface area contributed by atoms with Crippen molar-refractivity contribution in [2.24, 2.45) is 0 Å². The minimum absolute atomic E-state index is 0.111. The minimum atomic E-state index is -0.472. The van der Waals surface area contributed by atoms with Crippen LogP contribution in [0.5, 0.6) is 0 Å². The Hall–Kier alpha value is -3.06. The number of nitrogens with zero attached hydrogens (tertiary/aromatic N) is 1. The van der Waals surface area contributed by atoms with Gasteiger partial charge < -0.3 is 4.74 Å². The van der Waals surface area contributed by atoms with Crippen molar-refractivity contribution in [2.45, 2.75) is 13.3 Å². The molecule has 5 nitrogen and oxygen atoms in total. The molecule has 0 saturated heterocycles. The second kappa shape index (κ2) is 8.55. The summed E-state index contributed by atoms with van der Waals surface area (Å²) in [6.07, 6.45) is 0.111. The second-order valence-corrected chi connectivity index (χ2v) is 6.77. The molecule has 0 atom stereocenters. The molecular formula is C20H17FN2O3S. The van der Waals surface area contributed by atoms with Gasteiger partial charge in [-0.25, -0.2) is 9.37 Å². The first-order chi connectivity index (χ1) is 13.0. The summed E-state index contributed by atoms with van der Waals surface area (Å²) in [6, 6.07) is 13.5. The molecule has 0 bridgehead atoms. The van der Waals surface area contributed by atoms with Crippen molar-refractivity contribution in [1.29, 1.82) is 0 Å². The number of rotatable bonds is 6. The molecule has 7 heteroatoms. The molecule has 138 valence electrons. The molecule has 0 aliphatic rings. The molecule has 1 aromatic heterocycles. The zero-order valence-electron chi connectivity index (χ0n) is 14.6. The Balaban J connectivity index is 1.48. The number of thiazole rings is 1. The number of benzene rings is 2. The van der Waals surface area contributed by atoms with Crippen LogP contribution in [0.2, 0.25) is 0 Å². The summed E-state index contributed by atoms with van der Waals surface area (Å²) in [6.45, 7) is 1.59. The second-order valence-electron chi connectivity index (χ2n) is 5.92. The SMILES string of the molecule is Cc1ccc(CC(=O)OCC(=O)Nc2nc(-c3ccc(F)cc3)cs2)cc1. The number of aromatic nitrogens is 1. The number of carbonyl (C=O) groups is 2. The van der Waals surface area contributed by atoms with Crippen LogP contribution in [0.15, 0.2) is 53.9 Å². The minimum Gasteiger partial charge on any atom is -0.455 e. The fraction of sp³-hybridized carbons (Fsp3) is 0.150. The van der Waals surface area contributed by atoms with Crippen LogP contribution in [0, 0.1) is 12.7 Å². The number of nitrogens with one attached hydrogen (secondary N) is 1. The molecule has 3 aromatic rings. The number of halogens is 1. The van der Waals surface area contributed by atoms with Crippen molar-refractivity contribution < 1.29 is 18.7 Å². The van der Waals surface area contributed by atoms with Gasteiger partial charge >= 0.3 is 5.97 Å². The van der Waals surface area contributed by atoms with Crippen LogP contribution >= 0.6 is 11.3 Å². The maximum atomic E-state index is 13.0. The zero-order chi connectivity index (χ0) is 19.2. The van der Waals surface area contributed by atoms with Crippen LogP contribution in [-0.2, 0) is 20.7 Å². The lowest BCUT2D eigenvalue weighted by Crippen LogP contribution is -2.21. The van der Waals surface area contributed by atoms with Gasteiger partial charge in [-0.05, 0) is 36.8 Å². The van der Waals surface area contributed by atoms with Crippen molar-refractivity contribution in [2.75, 3.05) is 11.9 Å². The molecule has 2 aromatic carbocycles. The molecule has 1 N–H and O–H groups in total. The van der Waals surface area contributed by atoms with Gasteiger partial charge in [0.25, 0.3) is 5.91 Å². The number of carbonyl (C=O) groups excluding carboxylic acids is 2. The van der Waals surface area contributed by atoms with Crippen molar-refractivity contribution in [1.82, 2.24) is 4.98 Å². The van der Waals surface area contributed by atoms with E-state index in [0.29, 0.717) is 10.8 Å². The fourth-order valence-electron chi connectivity index (χ4n) is 2.31. The highest BCUT2D eigenvalue weighted by Crippen LogP contribution is 2.24. The summed E-state index contributed by atoms with van der Waals surface area (Å²) >= 11 is 1.24. The average Bonchev–Trinajstić information content (AvgIpc) is 3.11. The highest BCUT2D eigenvalue weighted by molar-refractivity contribution is 7.14. The standard InChI is InChI=1S/C20H17FN2O3S/c1-13-2-4-14(5-3-13)10-19(25)26-11-18(24)23-20-22-17(12-27-20)15-6-8-16(21)9-7-15/h2-9,12H,10-11H2,1H3,(H,22,23,24). The Labute approximate surface area is 159 Å². The van der Waals surface area contributed by atoms with E-state index in [1.54, 1.807) is 17.5 Å². The highest BCUT2D eigenvalue weighted by Gasteiger charge is 2.11. The average molecular weight is 384 g/mol. The van der Waals surface area contributed by atoms with Gasteiger partial charge in [0.05, 0.1) is 12.1 Å². The molecular weight excluding hydrogens is 367 g/mol. The molecule has 27 heavy (non-hydrogen) atoms. The topological polar surface area (TPSA) is 68.3 Å². The van der Waals surface area contributed by atoms with Crippen LogP contribution in [-0.4, -0.2) is 23.5 Å². The van der Waals surface area contributed by atoms with Gasteiger partial charge in [-0.2, -0.15) is 0 Å². The molecule has 0 unspecified atom stereocenters. The van der Waals surface area contributed by atoms with E-state index in [9.17, 15) is 14.0 Å². The van der Waals surface area contributed by atoms with Crippen molar-refractivity contribution in [3.8, 4) is 11.3 Å². The van der Waals surface area contributed by atoms with Crippen molar-refractivity contribution >= 4 is 28.3 Å². The molecule has 1 heterocycles. The van der Waals surface area contributed by atoms with E-state index in [-0.39, 0.29) is 18.8 Å². The number of esters is 1. The van der Waals surface area contributed by atoms with Crippen LogP contribution in [0.3, 0.4) is 0 Å². The summed E-state index contributed by atoms with van der Waals surface area (Å²) in [5.41, 5.74) is 3.31. The summed E-state index contributed by atoms with van der Waals surface area (Å²) in [4.78, 5) is 28.0. The fourth-order valence-corrected chi connectivity index (χ4v) is 3.05. The van der Waals surface area contributed by atoms with Gasteiger partial charge in [0, 0.05) is 10.9 Å². The smallest absolute Gasteiger partial charge is 0.310 e. The Morgan fingerprint density at radius 2 is 1.81 bits per heavy atom. The first-order valence-corrected chi connectivity index (χ1v) is 9.10. The van der Waals surface area contributed by atoms with Crippen molar-refractivity contribution in [3.05, 3.63) is 70.9 Å². The van der Waals surface area contributed by atoms with E-state index in [2.05, 4.69) is 10.3 Å². The van der Waals surface area contributed by atoms with E-state index in [4.69, 9.17) is 4.74 Å². The lowest BCUT2D eigenvalue weighted by molar-refractivity contribution is -0.146. The summed E-state index contributed by atoms with van der Waals surface area (Å²) < 4.78 is 18.0. The molecule has 0 aliphatic heterocycles. The van der Waals surface area contributed by atoms with Gasteiger partial charge in [-0.3, -0.25) is 14.9 Å². The molecule has 0 spiro atoms. The Kier molecular flexibility index (Phi) is 5.93. The van der Waals surface area contributed by atoms with Crippen molar-refractivity contribution in [3.63, 3.8) is 0 Å². The number of aryl methyl sites for hydroxylation is 1. The summed E-state index contributed by atoms with van der Waals surface area (Å²) in [5.74, 6) is -1.26. The van der Waals surface area contributed by atoms with Gasteiger partial charge in [-0.1, -0.05) is 29.8 Å². The summed E-state index contributed by atoms with van der Waals surface area (Å²) in [7, 11) is 0. The lowest BCUT2D eigenvalue weighted by atomic mass is 10.1. The van der Waals surface area contributed by atoms with Crippen LogP contribution in [0.1, 0.15) is 11.1 Å². The van der Waals surface area contributed by atoms with Crippen LogP contribution in [0.4, 0.5) is 9.52 Å². The van der Waals surface area contributed by atoms with Gasteiger partial charge in [0.2, 0.25) is 0 Å². The number of anilines is 1. The van der Waals surface area contributed by atoms with E-state index in [0.717, 1.165) is 16.7 Å². The zero-order valence-corrected chi connectivity index (χ0v) is 15.4. The largest absolute Gasteiger partial charge is 0.455 e. The predicted molar refractivity (Wildman–Crippen MR) is 102 cm³/mol. The molecule has 3 rings (SSSR count). The van der Waals surface area contributed by atoms with Gasteiger partial charge in [0.15, 0.2) is 11.7 Å². The van der Waals surface area contributed by atoms with E-state index in [1.807, 2.05) is 31.2 Å². The molecule has 0 aliphatic carbocycles. The summed E-state index contributed by atoms with van der Waals surface area (Å²) in [5, 5.41) is 4.73. The maximum absolute atomic E-state index is 13.0. The van der Waals surface area contributed by atoms with E-state index in [1.165, 1.54) is 23.5 Å². The number of amides is 1. The quantitative estimate of drug-likeness (QED) is 0.653.